The number of piperazine rings is 1. The Hall–Kier alpha value is -1.64. The highest BCUT2D eigenvalue weighted by Gasteiger charge is 2.31. The Morgan fingerprint density at radius 1 is 0.650 bits per heavy atom. The molecule has 1 aliphatic rings. The van der Waals surface area contributed by atoms with Crippen LogP contribution >= 0.6 is 0 Å². The van der Waals surface area contributed by atoms with Crippen molar-refractivity contribution in [3.8, 4) is 0 Å². The Balaban J connectivity index is 1.80. The van der Waals surface area contributed by atoms with Crippen molar-refractivity contribution >= 4 is 0 Å². The van der Waals surface area contributed by atoms with Gasteiger partial charge in [0.05, 0.1) is 0 Å². The van der Waals surface area contributed by atoms with E-state index in [1.165, 1.54) is 11.1 Å². The minimum absolute atomic E-state index is 0.487. The molecule has 0 amide bonds. The van der Waals surface area contributed by atoms with Crippen LogP contribution in [0.15, 0.2) is 60.7 Å². The second kappa shape index (κ2) is 5.78. The summed E-state index contributed by atoms with van der Waals surface area (Å²) in [5.41, 5.74) is 2.82. The first-order valence-electron chi connectivity index (χ1n) is 7.26. The van der Waals surface area contributed by atoms with Crippen LogP contribution in [0.2, 0.25) is 0 Å². The quantitative estimate of drug-likeness (QED) is 0.822. The van der Waals surface area contributed by atoms with Crippen molar-refractivity contribution in [1.82, 2.24) is 9.80 Å². The average Bonchev–Trinajstić information content (AvgIpc) is 2.51. The molecule has 1 saturated heterocycles. The molecule has 2 heteroatoms. The topological polar surface area (TPSA) is 6.48 Å². The Morgan fingerprint density at radius 2 is 1.00 bits per heavy atom. The van der Waals surface area contributed by atoms with E-state index in [4.69, 9.17) is 0 Å². The third kappa shape index (κ3) is 2.62. The molecule has 0 spiro atoms. The molecule has 2 nitrogen and oxygen atoms in total. The van der Waals surface area contributed by atoms with Gasteiger partial charge in [-0.2, -0.15) is 0 Å². The lowest BCUT2D eigenvalue weighted by atomic mass is 9.97. The summed E-state index contributed by atoms with van der Waals surface area (Å²) >= 11 is 0. The molecule has 3 rings (SSSR count). The standard InChI is InChI=1S/C18H22N2/c1-19-13-18(16-11-7-4-8-12-16)20(2)14-17(19)15-9-5-3-6-10-15/h3-12,17-18H,13-14H2,1-2H3/t17-,18-/m0/s1. The van der Waals surface area contributed by atoms with E-state index in [1.807, 2.05) is 0 Å². The summed E-state index contributed by atoms with van der Waals surface area (Å²) in [4.78, 5) is 4.96. The van der Waals surface area contributed by atoms with Gasteiger partial charge in [-0.05, 0) is 25.2 Å². The smallest absolute Gasteiger partial charge is 0.0473 e. The number of nitrogens with zero attached hydrogens (tertiary/aromatic N) is 2. The molecule has 0 radical (unpaired) electrons. The van der Waals surface area contributed by atoms with E-state index in [9.17, 15) is 0 Å². The molecule has 1 fully saturated rings. The predicted molar refractivity (Wildman–Crippen MR) is 83.6 cm³/mol. The summed E-state index contributed by atoms with van der Waals surface area (Å²) in [6, 6.07) is 22.6. The van der Waals surface area contributed by atoms with Crippen LogP contribution in [0.1, 0.15) is 23.2 Å². The average molecular weight is 266 g/mol. The normalized spacial score (nSPS) is 24.7. The van der Waals surface area contributed by atoms with Gasteiger partial charge >= 0.3 is 0 Å². The first-order chi connectivity index (χ1) is 9.75. The Bertz CT molecular complexity index is 486. The zero-order chi connectivity index (χ0) is 13.9. The van der Waals surface area contributed by atoms with Gasteiger partial charge in [-0.1, -0.05) is 60.7 Å². The maximum absolute atomic E-state index is 2.48. The minimum Gasteiger partial charge on any atom is -0.296 e. The fourth-order valence-corrected chi connectivity index (χ4v) is 3.15. The lowest BCUT2D eigenvalue weighted by Crippen LogP contribution is -2.46. The number of benzene rings is 2. The molecule has 2 aromatic carbocycles. The summed E-state index contributed by atoms with van der Waals surface area (Å²) in [6.45, 7) is 2.14. The first-order valence-corrected chi connectivity index (χ1v) is 7.26. The van der Waals surface area contributed by atoms with Crippen LogP contribution in [-0.2, 0) is 0 Å². The largest absolute Gasteiger partial charge is 0.296 e. The molecule has 2 aromatic rings. The van der Waals surface area contributed by atoms with E-state index in [-0.39, 0.29) is 0 Å². The molecule has 20 heavy (non-hydrogen) atoms. The molecule has 1 aliphatic heterocycles. The van der Waals surface area contributed by atoms with Crippen molar-refractivity contribution < 1.29 is 0 Å². The number of hydrogen-bond donors (Lipinski definition) is 0. The van der Waals surface area contributed by atoms with Crippen LogP contribution in [-0.4, -0.2) is 37.0 Å². The predicted octanol–water partition coefficient (Wildman–Crippen LogP) is 3.35. The van der Waals surface area contributed by atoms with Crippen molar-refractivity contribution in [2.45, 2.75) is 12.1 Å². The maximum Gasteiger partial charge on any atom is 0.0473 e. The summed E-state index contributed by atoms with van der Waals surface area (Å²) in [5, 5.41) is 0. The van der Waals surface area contributed by atoms with Gasteiger partial charge in [-0.3, -0.25) is 9.80 Å². The molecule has 0 unspecified atom stereocenters. The van der Waals surface area contributed by atoms with E-state index in [2.05, 4.69) is 84.6 Å². The SMILES string of the molecule is CN1C[C@@H](c2ccccc2)N(C)C[C@H]1c1ccccc1. The second-order valence-corrected chi connectivity index (χ2v) is 5.73. The van der Waals surface area contributed by atoms with Crippen LogP contribution in [0, 0.1) is 0 Å². The zero-order valence-corrected chi connectivity index (χ0v) is 12.2. The maximum atomic E-state index is 2.48. The van der Waals surface area contributed by atoms with Crippen LogP contribution in [0.5, 0.6) is 0 Å². The van der Waals surface area contributed by atoms with Crippen molar-refractivity contribution in [3.05, 3.63) is 71.8 Å². The van der Waals surface area contributed by atoms with Crippen LogP contribution in [0.4, 0.5) is 0 Å². The molecule has 0 bridgehead atoms. The highest BCUT2D eigenvalue weighted by molar-refractivity contribution is 5.23. The Kier molecular flexibility index (Phi) is 3.86. The zero-order valence-electron chi connectivity index (χ0n) is 12.2. The van der Waals surface area contributed by atoms with Crippen molar-refractivity contribution in [2.75, 3.05) is 27.2 Å². The van der Waals surface area contributed by atoms with Crippen LogP contribution in [0.25, 0.3) is 0 Å². The number of likely N-dealkylation sites (N-methyl/N-ethyl adjacent to an activating group) is 2. The van der Waals surface area contributed by atoms with E-state index in [0.29, 0.717) is 12.1 Å². The van der Waals surface area contributed by atoms with Gasteiger partial charge in [-0.15, -0.1) is 0 Å². The summed E-state index contributed by atoms with van der Waals surface area (Å²) in [5.74, 6) is 0. The fourth-order valence-electron chi connectivity index (χ4n) is 3.15. The lowest BCUT2D eigenvalue weighted by molar-refractivity contribution is 0.0623. The van der Waals surface area contributed by atoms with Crippen molar-refractivity contribution in [1.29, 1.82) is 0 Å². The Labute approximate surface area is 121 Å². The van der Waals surface area contributed by atoms with Gasteiger partial charge in [0.1, 0.15) is 0 Å². The second-order valence-electron chi connectivity index (χ2n) is 5.73. The van der Waals surface area contributed by atoms with Crippen LogP contribution < -0.4 is 0 Å². The van der Waals surface area contributed by atoms with Gasteiger partial charge in [0, 0.05) is 25.2 Å². The molecule has 0 saturated carbocycles. The van der Waals surface area contributed by atoms with Crippen LogP contribution in [0.3, 0.4) is 0 Å². The molecular weight excluding hydrogens is 244 g/mol. The highest BCUT2D eigenvalue weighted by Crippen LogP contribution is 2.32. The number of rotatable bonds is 2. The summed E-state index contributed by atoms with van der Waals surface area (Å²) in [7, 11) is 4.47. The van der Waals surface area contributed by atoms with Gasteiger partial charge < -0.3 is 0 Å². The molecule has 0 aliphatic carbocycles. The molecule has 1 heterocycles. The summed E-state index contributed by atoms with van der Waals surface area (Å²) in [6.07, 6.45) is 0. The third-order valence-electron chi connectivity index (χ3n) is 4.35. The van der Waals surface area contributed by atoms with Crippen molar-refractivity contribution in [3.63, 3.8) is 0 Å². The van der Waals surface area contributed by atoms with Gasteiger partial charge in [0.2, 0.25) is 0 Å². The van der Waals surface area contributed by atoms with Gasteiger partial charge in [-0.25, -0.2) is 0 Å². The minimum atomic E-state index is 0.487. The summed E-state index contributed by atoms with van der Waals surface area (Å²) < 4.78 is 0. The number of hydrogen-bond acceptors (Lipinski definition) is 2. The molecule has 0 N–H and O–H groups in total. The van der Waals surface area contributed by atoms with Gasteiger partial charge in [0.15, 0.2) is 0 Å². The monoisotopic (exact) mass is 266 g/mol. The van der Waals surface area contributed by atoms with E-state index >= 15 is 0 Å². The lowest BCUT2D eigenvalue weighted by Gasteiger charge is -2.43. The third-order valence-corrected chi connectivity index (χ3v) is 4.35. The van der Waals surface area contributed by atoms with E-state index in [0.717, 1.165) is 13.1 Å². The molecule has 104 valence electrons. The van der Waals surface area contributed by atoms with E-state index < -0.39 is 0 Å². The van der Waals surface area contributed by atoms with Gasteiger partial charge in [0.25, 0.3) is 0 Å². The molecule has 2 atom stereocenters. The molecular formula is C18H22N2. The first kappa shape index (κ1) is 13.3. The van der Waals surface area contributed by atoms with Crippen molar-refractivity contribution in [2.24, 2.45) is 0 Å². The highest BCUT2D eigenvalue weighted by atomic mass is 15.3. The molecule has 0 aromatic heterocycles. The van der Waals surface area contributed by atoms with E-state index in [1.54, 1.807) is 0 Å². The Morgan fingerprint density at radius 3 is 1.35 bits per heavy atom. The fraction of sp³-hybridized carbons (Fsp3) is 0.333.